The van der Waals surface area contributed by atoms with Gasteiger partial charge in [0, 0.05) is 41.5 Å². The van der Waals surface area contributed by atoms with Crippen LogP contribution in [-0.4, -0.2) is 69.1 Å². The number of aromatic nitrogens is 3. The molecule has 3 aromatic rings. The first kappa shape index (κ1) is 22.6. The molecule has 4 heterocycles. The number of nitrogens with one attached hydrogen (secondary N) is 1. The average Bonchev–Trinajstić information content (AvgIpc) is 3.36. The Balaban J connectivity index is 1.65. The van der Waals surface area contributed by atoms with Crippen LogP contribution in [0.2, 0.25) is 0 Å². The molecule has 0 bridgehead atoms. The van der Waals surface area contributed by atoms with E-state index in [1.54, 1.807) is 7.11 Å². The zero-order chi connectivity index (χ0) is 24.2. The van der Waals surface area contributed by atoms with Crippen LogP contribution in [0.15, 0.2) is 24.4 Å². The summed E-state index contributed by atoms with van der Waals surface area (Å²) in [6.07, 6.45) is 6.95. The lowest BCUT2D eigenvalue weighted by molar-refractivity contribution is 0.0689. The third-order valence-corrected chi connectivity index (χ3v) is 9.71. The molecule has 10 heteroatoms. The van der Waals surface area contributed by atoms with Crippen molar-refractivity contribution < 1.29 is 22.6 Å². The Labute approximate surface area is 204 Å². The molecule has 0 radical (unpaired) electrons. The number of benzene rings is 1. The first-order valence-electron chi connectivity index (χ1n) is 12.2. The maximum absolute atomic E-state index is 13.4. The normalized spacial score (nSPS) is 21.8. The molecular weight excluding hydrogens is 468 g/mol. The predicted molar refractivity (Wildman–Crippen MR) is 133 cm³/mol. The molecule has 35 heavy (non-hydrogen) atoms. The summed E-state index contributed by atoms with van der Waals surface area (Å²) in [5, 5.41) is 0.948. The van der Waals surface area contributed by atoms with Gasteiger partial charge in [0.1, 0.15) is 22.8 Å². The Hall–Kier alpha value is -2.85. The molecule has 0 unspecified atom stereocenters. The highest BCUT2D eigenvalue weighted by Crippen LogP contribution is 2.50. The minimum absolute atomic E-state index is 0.0324. The molecule has 1 saturated carbocycles. The number of fused-ring (bicyclic) bond motifs is 4. The van der Waals surface area contributed by atoms with E-state index >= 15 is 0 Å². The first-order chi connectivity index (χ1) is 16.9. The number of morpholine rings is 1. The van der Waals surface area contributed by atoms with Gasteiger partial charge in [0.25, 0.3) is 0 Å². The number of ether oxygens (including phenoxy) is 3. The topological polar surface area (TPSA) is 107 Å². The lowest BCUT2D eigenvalue weighted by atomic mass is 9.85. The van der Waals surface area contributed by atoms with E-state index in [1.165, 1.54) is 6.26 Å². The van der Waals surface area contributed by atoms with Gasteiger partial charge in [-0.2, -0.15) is 0 Å². The number of aromatic amines is 1. The number of hydrogen-bond acceptors (Lipinski definition) is 8. The Morgan fingerprint density at radius 1 is 1.17 bits per heavy atom. The lowest BCUT2D eigenvalue weighted by Gasteiger charge is -2.43. The van der Waals surface area contributed by atoms with Gasteiger partial charge in [-0.05, 0) is 25.0 Å². The smallest absolute Gasteiger partial charge is 0.185 e. The summed E-state index contributed by atoms with van der Waals surface area (Å²) in [6.45, 7) is 2.22. The predicted octanol–water partition coefficient (Wildman–Crippen LogP) is 3.44. The van der Waals surface area contributed by atoms with Crippen molar-refractivity contribution in [1.29, 1.82) is 0 Å². The lowest BCUT2D eigenvalue weighted by Crippen LogP contribution is -2.52. The molecule has 2 fully saturated rings. The summed E-state index contributed by atoms with van der Waals surface area (Å²) in [7, 11) is -1.87. The van der Waals surface area contributed by atoms with E-state index in [1.807, 2.05) is 24.4 Å². The summed E-state index contributed by atoms with van der Waals surface area (Å²) in [5.41, 5.74) is 2.19. The molecule has 1 atom stereocenters. The Morgan fingerprint density at radius 2 is 2.00 bits per heavy atom. The SMILES string of the molecule is COc1cc(-c2nc3c(c(C4(S(C)(=O)=O)CCCCC4)n2)OC[C@@H]2COCCN32)c2cc[nH]c2c1. The van der Waals surface area contributed by atoms with Gasteiger partial charge in [0.15, 0.2) is 27.2 Å². The monoisotopic (exact) mass is 498 g/mol. The fourth-order valence-electron chi connectivity index (χ4n) is 5.80. The van der Waals surface area contributed by atoms with Crippen molar-refractivity contribution in [2.24, 2.45) is 0 Å². The number of nitrogens with zero attached hydrogens (tertiary/aromatic N) is 3. The van der Waals surface area contributed by atoms with Crippen LogP contribution >= 0.6 is 0 Å². The molecule has 0 spiro atoms. The molecule has 0 amide bonds. The van der Waals surface area contributed by atoms with Crippen LogP contribution in [0, 0.1) is 0 Å². The minimum atomic E-state index is -3.49. The van der Waals surface area contributed by atoms with Crippen LogP contribution < -0.4 is 14.4 Å². The van der Waals surface area contributed by atoms with E-state index in [2.05, 4.69) is 9.88 Å². The van der Waals surface area contributed by atoms with E-state index in [4.69, 9.17) is 24.2 Å². The van der Waals surface area contributed by atoms with Crippen LogP contribution in [0.4, 0.5) is 5.82 Å². The van der Waals surface area contributed by atoms with Gasteiger partial charge >= 0.3 is 0 Å². The first-order valence-corrected chi connectivity index (χ1v) is 14.1. The number of anilines is 1. The van der Waals surface area contributed by atoms with E-state index in [9.17, 15) is 8.42 Å². The number of rotatable bonds is 4. The third kappa shape index (κ3) is 3.57. The molecule has 1 N–H and O–H groups in total. The van der Waals surface area contributed by atoms with Gasteiger partial charge in [-0.15, -0.1) is 0 Å². The van der Waals surface area contributed by atoms with Crippen LogP contribution in [0.25, 0.3) is 22.3 Å². The van der Waals surface area contributed by atoms with E-state index < -0.39 is 14.6 Å². The van der Waals surface area contributed by atoms with Crippen molar-refractivity contribution in [2.75, 3.05) is 44.6 Å². The van der Waals surface area contributed by atoms with Gasteiger partial charge in [-0.3, -0.25) is 0 Å². The van der Waals surface area contributed by atoms with Crippen molar-refractivity contribution in [3.05, 3.63) is 30.1 Å². The third-order valence-electron chi connectivity index (χ3n) is 7.69. The highest BCUT2D eigenvalue weighted by molar-refractivity contribution is 7.91. The Morgan fingerprint density at radius 3 is 2.77 bits per heavy atom. The summed E-state index contributed by atoms with van der Waals surface area (Å²) < 4.78 is 43.2. The quantitative estimate of drug-likeness (QED) is 0.583. The molecule has 1 aromatic carbocycles. The minimum Gasteiger partial charge on any atom is -0.497 e. The molecule has 1 saturated heterocycles. The van der Waals surface area contributed by atoms with Crippen molar-refractivity contribution in [2.45, 2.75) is 42.9 Å². The molecule has 1 aliphatic carbocycles. The molecule has 3 aliphatic rings. The fraction of sp³-hybridized carbons (Fsp3) is 0.520. The number of hydrogen-bond donors (Lipinski definition) is 1. The maximum atomic E-state index is 13.4. The largest absolute Gasteiger partial charge is 0.497 e. The fourth-order valence-corrected chi connectivity index (χ4v) is 7.32. The second kappa shape index (κ2) is 8.37. The van der Waals surface area contributed by atoms with E-state index in [0.717, 1.165) is 35.7 Å². The van der Waals surface area contributed by atoms with Gasteiger partial charge in [-0.1, -0.05) is 19.3 Å². The molecule has 9 nitrogen and oxygen atoms in total. The van der Waals surface area contributed by atoms with Gasteiger partial charge in [0.2, 0.25) is 0 Å². The van der Waals surface area contributed by atoms with Crippen LogP contribution in [0.5, 0.6) is 11.5 Å². The van der Waals surface area contributed by atoms with Gasteiger partial charge in [-0.25, -0.2) is 18.4 Å². The average molecular weight is 499 g/mol. The number of sulfone groups is 1. The Bertz CT molecular complexity index is 1380. The molecule has 2 aliphatic heterocycles. The van der Waals surface area contributed by atoms with Crippen molar-refractivity contribution >= 4 is 26.6 Å². The summed E-state index contributed by atoms with van der Waals surface area (Å²) in [5.74, 6) is 2.32. The molecule has 186 valence electrons. The standard InChI is InChI=1S/C25H30N4O5S/c1-32-17-12-19(18-6-9-26-20(18)13-17)23-27-22(25(35(2,30)31)7-4-3-5-8-25)21-24(28-23)29-10-11-33-14-16(29)15-34-21/h6,9,12-13,16,26H,3-5,7-8,10-11,14-15H2,1-2H3/t16-/m0/s1. The van der Waals surface area contributed by atoms with Gasteiger partial charge in [0.05, 0.1) is 26.4 Å². The highest BCUT2D eigenvalue weighted by atomic mass is 32.2. The van der Waals surface area contributed by atoms with Crippen molar-refractivity contribution in [3.63, 3.8) is 0 Å². The van der Waals surface area contributed by atoms with Crippen LogP contribution in [0.1, 0.15) is 37.8 Å². The zero-order valence-corrected chi connectivity index (χ0v) is 20.9. The second-order valence-corrected chi connectivity index (χ2v) is 12.0. The summed E-state index contributed by atoms with van der Waals surface area (Å²) in [4.78, 5) is 15.5. The van der Waals surface area contributed by atoms with E-state index in [0.29, 0.717) is 68.0 Å². The second-order valence-electron chi connectivity index (χ2n) is 9.72. The van der Waals surface area contributed by atoms with Crippen molar-refractivity contribution in [3.8, 4) is 22.9 Å². The van der Waals surface area contributed by atoms with E-state index in [-0.39, 0.29) is 6.04 Å². The zero-order valence-electron chi connectivity index (χ0n) is 20.0. The molecular formula is C25H30N4O5S. The van der Waals surface area contributed by atoms with Gasteiger partial charge < -0.3 is 24.1 Å². The van der Waals surface area contributed by atoms with Crippen LogP contribution in [-0.2, 0) is 19.3 Å². The van der Waals surface area contributed by atoms with Crippen LogP contribution in [0.3, 0.4) is 0 Å². The molecule has 6 rings (SSSR count). The molecule has 2 aromatic heterocycles. The Kier molecular flexibility index (Phi) is 5.41. The maximum Gasteiger partial charge on any atom is 0.185 e. The number of methoxy groups -OCH3 is 1. The highest BCUT2D eigenvalue weighted by Gasteiger charge is 2.49. The van der Waals surface area contributed by atoms with Crippen molar-refractivity contribution in [1.82, 2.24) is 15.0 Å². The number of H-pyrrole nitrogens is 1. The summed E-state index contributed by atoms with van der Waals surface area (Å²) >= 11 is 0. The summed E-state index contributed by atoms with van der Waals surface area (Å²) in [6, 6.07) is 5.85.